The quantitative estimate of drug-likeness (QED) is 0.784. The number of alkyl halides is 3. The molecular formula is C17H12F3N3O. The van der Waals surface area contributed by atoms with Crippen LogP contribution in [0.15, 0.2) is 67.1 Å². The van der Waals surface area contributed by atoms with Gasteiger partial charge in [0.1, 0.15) is 5.69 Å². The summed E-state index contributed by atoms with van der Waals surface area (Å²) in [5.74, 6) is -0.546. The number of nitrogens with zero attached hydrogens (tertiary/aromatic N) is 2. The molecule has 7 heteroatoms. The van der Waals surface area contributed by atoms with Gasteiger partial charge in [0.2, 0.25) is 0 Å². The number of imidazole rings is 1. The van der Waals surface area contributed by atoms with Crippen molar-refractivity contribution in [3.05, 3.63) is 78.4 Å². The molecule has 1 amide bonds. The fourth-order valence-electron chi connectivity index (χ4n) is 2.23. The Bertz CT molecular complexity index is 857. The summed E-state index contributed by atoms with van der Waals surface area (Å²) in [5.41, 5.74) is 0.190. The van der Waals surface area contributed by atoms with Gasteiger partial charge in [-0.3, -0.25) is 9.36 Å². The van der Waals surface area contributed by atoms with Gasteiger partial charge in [-0.15, -0.1) is 0 Å². The van der Waals surface area contributed by atoms with E-state index in [-0.39, 0.29) is 11.4 Å². The van der Waals surface area contributed by atoms with Crippen molar-refractivity contribution < 1.29 is 18.0 Å². The van der Waals surface area contributed by atoms with E-state index in [1.807, 2.05) is 18.2 Å². The standard InChI is InChI=1S/C17H12F3N3O/c18-17(19,20)12-5-4-6-13(9-12)22-16(24)15-10-21-11-23(15)14-7-2-1-3-8-14/h1-11H,(H,22,24). The molecule has 3 rings (SSSR count). The largest absolute Gasteiger partial charge is 0.416 e. The molecule has 0 fully saturated rings. The minimum Gasteiger partial charge on any atom is -0.321 e. The average molecular weight is 331 g/mol. The number of amides is 1. The van der Waals surface area contributed by atoms with E-state index in [1.54, 1.807) is 16.7 Å². The first kappa shape index (κ1) is 15.8. The van der Waals surface area contributed by atoms with E-state index >= 15 is 0 Å². The number of benzene rings is 2. The molecule has 0 atom stereocenters. The van der Waals surface area contributed by atoms with Crippen LogP contribution >= 0.6 is 0 Å². The second-order valence-corrected chi connectivity index (χ2v) is 5.02. The van der Waals surface area contributed by atoms with Crippen LogP contribution in [-0.2, 0) is 6.18 Å². The first-order valence-electron chi connectivity index (χ1n) is 7.01. The highest BCUT2D eigenvalue weighted by molar-refractivity contribution is 6.03. The van der Waals surface area contributed by atoms with Crippen molar-refractivity contribution in [3.63, 3.8) is 0 Å². The van der Waals surface area contributed by atoms with Crippen molar-refractivity contribution in [1.82, 2.24) is 9.55 Å². The van der Waals surface area contributed by atoms with Gasteiger partial charge in [-0.2, -0.15) is 13.2 Å². The van der Waals surface area contributed by atoms with Gasteiger partial charge in [-0.05, 0) is 30.3 Å². The first-order valence-corrected chi connectivity index (χ1v) is 7.01. The number of halogens is 3. The van der Waals surface area contributed by atoms with Crippen molar-refractivity contribution in [2.75, 3.05) is 5.32 Å². The lowest BCUT2D eigenvalue weighted by Gasteiger charge is -2.11. The van der Waals surface area contributed by atoms with Crippen LogP contribution in [-0.4, -0.2) is 15.5 Å². The molecule has 0 saturated carbocycles. The summed E-state index contributed by atoms with van der Waals surface area (Å²) in [6, 6.07) is 13.5. The zero-order valence-electron chi connectivity index (χ0n) is 12.3. The van der Waals surface area contributed by atoms with E-state index in [4.69, 9.17) is 0 Å². The Hall–Kier alpha value is -3.09. The summed E-state index contributed by atoms with van der Waals surface area (Å²) in [5, 5.41) is 2.47. The summed E-state index contributed by atoms with van der Waals surface area (Å²) >= 11 is 0. The molecule has 122 valence electrons. The number of anilines is 1. The highest BCUT2D eigenvalue weighted by atomic mass is 19.4. The molecule has 0 bridgehead atoms. The van der Waals surface area contributed by atoms with E-state index in [1.165, 1.54) is 24.7 Å². The maximum atomic E-state index is 12.7. The van der Waals surface area contributed by atoms with Gasteiger partial charge < -0.3 is 5.32 Å². The van der Waals surface area contributed by atoms with Crippen LogP contribution in [0.3, 0.4) is 0 Å². The normalized spacial score (nSPS) is 11.3. The fraction of sp³-hybridized carbons (Fsp3) is 0.0588. The number of nitrogens with one attached hydrogen (secondary N) is 1. The maximum Gasteiger partial charge on any atom is 0.416 e. The topological polar surface area (TPSA) is 46.9 Å². The average Bonchev–Trinajstić information content (AvgIpc) is 3.05. The van der Waals surface area contributed by atoms with Crippen LogP contribution in [0, 0.1) is 0 Å². The number of para-hydroxylation sites is 1. The summed E-state index contributed by atoms with van der Waals surface area (Å²) in [4.78, 5) is 16.3. The van der Waals surface area contributed by atoms with Gasteiger partial charge in [0.25, 0.3) is 5.91 Å². The predicted molar refractivity (Wildman–Crippen MR) is 83.0 cm³/mol. The number of carbonyl (C=O) groups excluding carboxylic acids is 1. The highest BCUT2D eigenvalue weighted by Gasteiger charge is 2.30. The first-order chi connectivity index (χ1) is 11.4. The third-order valence-corrected chi connectivity index (χ3v) is 3.35. The lowest BCUT2D eigenvalue weighted by atomic mass is 10.2. The van der Waals surface area contributed by atoms with Crippen LogP contribution in [0.4, 0.5) is 18.9 Å². The zero-order valence-corrected chi connectivity index (χ0v) is 12.3. The van der Waals surface area contributed by atoms with Crippen molar-refractivity contribution in [1.29, 1.82) is 0 Å². The molecule has 3 aromatic rings. The van der Waals surface area contributed by atoms with Gasteiger partial charge in [0, 0.05) is 11.4 Å². The molecule has 1 heterocycles. The second kappa shape index (κ2) is 6.19. The molecule has 0 aliphatic carbocycles. The van der Waals surface area contributed by atoms with Crippen LogP contribution in [0.25, 0.3) is 5.69 Å². The Kier molecular flexibility index (Phi) is 4.07. The van der Waals surface area contributed by atoms with Crippen LogP contribution in [0.5, 0.6) is 0 Å². The van der Waals surface area contributed by atoms with E-state index in [0.29, 0.717) is 0 Å². The van der Waals surface area contributed by atoms with Crippen LogP contribution in [0.1, 0.15) is 16.1 Å². The molecule has 2 aromatic carbocycles. The molecule has 0 aliphatic rings. The molecule has 0 unspecified atom stereocenters. The van der Waals surface area contributed by atoms with Gasteiger partial charge in [-0.25, -0.2) is 4.98 Å². The highest BCUT2D eigenvalue weighted by Crippen LogP contribution is 2.30. The molecule has 0 aliphatic heterocycles. The Morgan fingerprint density at radius 1 is 1.04 bits per heavy atom. The fourth-order valence-corrected chi connectivity index (χ4v) is 2.23. The van der Waals surface area contributed by atoms with Crippen molar-refractivity contribution in [2.45, 2.75) is 6.18 Å². The summed E-state index contributed by atoms with van der Waals surface area (Å²) < 4.78 is 39.8. The molecule has 0 saturated heterocycles. The summed E-state index contributed by atoms with van der Waals surface area (Å²) in [7, 11) is 0. The van der Waals surface area contributed by atoms with E-state index in [9.17, 15) is 18.0 Å². The van der Waals surface area contributed by atoms with E-state index in [2.05, 4.69) is 10.3 Å². The lowest BCUT2D eigenvalue weighted by molar-refractivity contribution is -0.137. The zero-order chi connectivity index (χ0) is 17.2. The molecule has 1 aromatic heterocycles. The van der Waals surface area contributed by atoms with Crippen molar-refractivity contribution >= 4 is 11.6 Å². The van der Waals surface area contributed by atoms with Crippen LogP contribution in [0.2, 0.25) is 0 Å². The number of aromatic nitrogens is 2. The minimum absolute atomic E-state index is 0.0654. The minimum atomic E-state index is -4.47. The predicted octanol–water partition coefficient (Wildman–Crippen LogP) is 4.14. The Morgan fingerprint density at radius 2 is 1.79 bits per heavy atom. The SMILES string of the molecule is O=C(Nc1cccc(C(F)(F)F)c1)c1cncn1-c1ccccc1. The second-order valence-electron chi connectivity index (χ2n) is 5.02. The Morgan fingerprint density at radius 3 is 2.50 bits per heavy atom. The third kappa shape index (κ3) is 3.29. The molecule has 0 spiro atoms. The molecule has 24 heavy (non-hydrogen) atoms. The van der Waals surface area contributed by atoms with Gasteiger partial charge in [0.15, 0.2) is 0 Å². The van der Waals surface area contributed by atoms with Gasteiger partial charge >= 0.3 is 6.18 Å². The number of hydrogen-bond donors (Lipinski definition) is 1. The molecular weight excluding hydrogens is 319 g/mol. The Balaban J connectivity index is 1.86. The number of hydrogen-bond acceptors (Lipinski definition) is 2. The van der Waals surface area contributed by atoms with Gasteiger partial charge in [0.05, 0.1) is 18.1 Å². The van der Waals surface area contributed by atoms with Crippen molar-refractivity contribution in [3.8, 4) is 5.69 Å². The third-order valence-electron chi connectivity index (χ3n) is 3.35. The van der Waals surface area contributed by atoms with E-state index in [0.717, 1.165) is 17.8 Å². The van der Waals surface area contributed by atoms with Crippen LogP contribution < -0.4 is 5.32 Å². The molecule has 0 radical (unpaired) electrons. The summed E-state index contributed by atoms with van der Waals surface area (Å²) in [6.45, 7) is 0. The smallest absolute Gasteiger partial charge is 0.321 e. The molecule has 1 N–H and O–H groups in total. The van der Waals surface area contributed by atoms with Gasteiger partial charge in [-0.1, -0.05) is 24.3 Å². The lowest BCUT2D eigenvalue weighted by Crippen LogP contribution is -2.16. The maximum absolute atomic E-state index is 12.7. The summed E-state index contributed by atoms with van der Waals surface area (Å²) in [6.07, 6.45) is -1.64. The number of rotatable bonds is 3. The molecule has 4 nitrogen and oxygen atoms in total. The van der Waals surface area contributed by atoms with E-state index < -0.39 is 17.6 Å². The number of carbonyl (C=O) groups is 1. The monoisotopic (exact) mass is 331 g/mol. The van der Waals surface area contributed by atoms with Crippen molar-refractivity contribution in [2.24, 2.45) is 0 Å². The Labute approximate surface area is 135 Å².